The standard InChI is InChI=1S/C16H21NO2/c1-3-4-5-6-12-19-16-13-14(8-7-11-17)9-10-15(16)18-2/h7-10,13H,3-6,12H2,1-2H3/b8-7+. The van der Waals surface area contributed by atoms with Crippen molar-refractivity contribution in [2.45, 2.75) is 32.6 Å². The summed E-state index contributed by atoms with van der Waals surface area (Å²) in [6.07, 6.45) is 7.90. The van der Waals surface area contributed by atoms with Crippen LogP contribution in [0.15, 0.2) is 24.3 Å². The molecule has 0 heterocycles. The fraction of sp³-hybridized carbons (Fsp3) is 0.438. The number of hydrogen-bond donors (Lipinski definition) is 0. The fourth-order valence-electron chi connectivity index (χ4n) is 1.75. The predicted molar refractivity (Wildman–Crippen MR) is 77.3 cm³/mol. The van der Waals surface area contributed by atoms with Gasteiger partial charge >= 0.3 is 0 Å². The molecule has 19 heavy (non-hydrogen) atoms. The Morgan fingerprint density at radius 2 is 2.05 bits per heavy atom. The first-order valence-electron chi connectivity index (χ1n) is 6.68. The molecule has 0 aromatic heterocycles. The second-order valence-electron chi connectivity index (χ2n) is 4.28. The summed E-state index contributed by atoms with van der Waals surface area (Å²) >= 11 is 0. The average molecular weight is 259 g/mol. The Morgan fingerprint density at radius 3 is 2.74 bits per heavy atom. The van der Waals surface area contributed by atoms with Gasteiger partial charge in [-0.1, -0.05) is 32.3 Å². The molecular formula is C16H21NO2. The third-order valence-corrected chi connectivity index (χ3v) is 2.79. The van der Waals surface area contributed by atoms with E-state index in [1.807, 2.05) is 24.3 Å². The van der Waals surface area contributed by atoms with E-state index in [0.29, 0.717) is 6.61 Å². The molecule has 0 saturated carbocycles. The van der Waals surface area contributed by atoms with Crippen LogP contribution >= 0.6 is 0 Å². The average Bonchev–Trinajstić information content (AvgIpc) is 2.45. The van der Waals surface area contributed by atoms with Gasteiger partial charge in [-0.05, 0) is 30.2 Å². The van der Waals surface area contributed by atoms with Crippen LogP contribution in [0.25, 0.3) is 6.08 Å². The van der Waals surface area contributed by atoms with Gasteiger partial charge in [0.15, 0.2) is 11.5 Å². The zero-order chi connectivity index (χ0) is 13.9. The van der Waals surface area contributed by atoms with Gasteiger partial charge in [-0.2, -0.15) is 5.26 Å². The van der Waals surface area contributed by atoms with E-state index in [1.165, 1.54) is 25.3 Å². The smallest absolute Gasteiger partial charge is 0.161 e. The molecule has 0 aliphatic heterocycles. The highest BCUT2D eigenvalue weighted by Crippen LogP contribution is 2.28. The predicted octanol–water partition coefficient (Wildman–Crippen LogP) is 4.19. The zero-order valence-corrected chi connectivity index (χ0v) is 11.7. The molecule has 0 aliphatic carbocycles. The summed E-state index contributed by atoms with van der Waals surface area (Å²) in [4.78, 5) is 0. The van der Waals surface area contributed by atoms with Crippen molar-refractivity contribution in [3.8, 4) is 17.6 Å². The second-order valence-corrected chi connectivity index (χ2v) is 4.28. The zero-order valence-electron chi connectivity index (χ0n) is 11.7. The second kappa shape index (κ2) is 9.04. The number of nitriles is 1. The molecule has 0 bridgehead atoms. The van der Waals surface area contributed by atoms with Gasteiger partial charge in [0, 0.05) is 6.08 Å². The Hall–Kier alpha value is -1.95. The van der Waals surface area contributed by atoms with Crippen LogP contribution in [-0.2, 0) is 0 Å². The quantitative estimate of drug-likeness (QED) is 0.519. The Labute approximate surface area is 115 Å². The lowest BCUT2D eigenvalue weighted by Crippen LogP contribution is -1.99. The lowest BCUT2D eigenvalue weighted by Gasteiger charge is -2.11. The summed E-state index contributed by atoms with van der Waals surface area (Å²) in [5.41, 5.74) is 0.936. The molecule has 0 radical (unpaired) electrons. The van der Waals surface area contributed by atoms with Crippen LogP contribution in [0.5, 0.6) is 11.5 Å². The summed E-state index contributed by atoms with van der Waals surface area (Å²) in [7, 11) is 1.63. The van der Waals surface area contributed by atoms with E-state index in [4.69, 9.17) is 14.7 Å². The van der Waals surface area contributed by atoms with E-state index in [0.717, 1.165) is 23.5 Å². The van der Waals surface area contributed by atoms with Crippen molar-refractivity contribution in [2.24, 2.45) is 0 Å². The number of rotatable bonds is 8. The van der Waals surface area contributed by atoms with E-state index < -0.39 is 0 Å². The van der Waals surface area contributed by atoms with E-state index >= 15 is 0 Å². The van der Waals surface area contributed by atoms with Crippen LogP contribution in [0.4, 0.5) is 0 Å². The van der Waals surface area contributed by atoms with Crippen LogP contribution in [-0.4, -0.2) is 13.7 Å². The number of hydrogen-bond acceptors (Lipinski definition) is 3. The highest BCUT2D eigenvalue weighted by Gasteiger charge is 2.04. The van der Waals surface area contributed by atoms with Crippen molar-refractivity contribution in [1.82, 2.24) is 0 Å². The minimum Gasteiger partial charge on any atom is -0.493 e. The van der Waals surface area contributed by atoms with Crippen molar-refractivity contribution >= 4 is 6.08 Å². The third kappa shape index (κ3) is 5.48. The van der Waals surface area contributed by atoms with Crippen molar-refractivity contribution in [3.05, 3.63) is 29.8 Å². The third-order valence-electron chi connectivity index (χ3n) is 2.79. The molecule has 0 aliphatic rings. The van der Waals surface area contributed by atoms with Crippen molar-refractivity contribution < 1.29 is 9.47 Å². The molecule has 0 atom stereocenters. The molecule has 0 spiro atoms. The Morgan fingerprint density at radius 1 is 1.21 bits per heavy atom. The molecule has 3 heteroatoms. The molecule has 0 amide bonds. The van der Waals surface area contributed by atoms with E-state index in [-0.39, 0.29) is 0 Å². The first-order valence-corrected chi connectivity index (χ1v) is 6.68. The maximum absolute atomic E-state index is 8.53. The lowest BCUT2D eigenvalue weighted by atomic mass is 10.2. The summed E-state index contributed by atoms with van der Waals surface area (Å²) in [5, 5.41) is 8.53. The van der Waals surface area contributed by atoms with Crippen molar-refractivity contribution in [3.63, 3.8) is 0 Å². The van der Waals surface area contributed by atoms with Crippen LogP contribution in [0.2, 0.25) is 0 Å². The molecule has 0 fully saturated rings. The maximum Gasteiger partial charge on any atom is 0.161 e. The van der Waals surface area contributed by atoms with Gasteiger partial charge in [-0.15, -0.1) is 0 Å². The Kier molecular flexibility index (Phi) is 7.19. The molecule has 0 N–H and O–H groups in total. The number of allylic oxidation sites excluding steroid dienone is 1. The number of methoxy groups -OCH3 is 1. The van der Waals surface area contributed by atoms with Gasteiger partial charge < -0.3 is 9.47 Å². The molecule has 1 rings (SSSR count). The van der Waals surface area contributed by atoms with Gasteiger partial charge in [0.2, 0.25) is 0 Å². The van der Waals surface area contributed by atoms with E-state index in [2.05, 4.69) is 6.92 Å². The summed E-state index contributed by atoms with van der Waals surface area (Å²) < 4.78 is 11.0. The molecule has 1 aromatic carbocycles. The van der Waals surface area contributed by atoms with Crippen molar-refractivity contribution in [1.29, 1.82) is 5.26 Å². The number of nitrogens with zero attached hydrogens (tertiary/aromatic N) is 1. The highest BCUT2D eigenvalue weighted by atomic mass is 16.5. The molecular weight excluding hydrogens is 238 g/mol. The first kappa shape index (κ1) is 15.1. The van der Waals surface area contributed by atoms with Crippen LogP contribution in [0.1, 0.15) is 38.2 Å². The topological polar surface area (TPSA) is 42.2 Å². The van der Waals surface area contributed by atoms with Crippen LogP contribution in [0.3, 0.4) is 0 Å². The monoisotopic (exact) mass is 259 g/mol. The normalized spacial score (nSPS) is 10.4. The number of ether oxygens (including phenoxy) is 2. The SMILES string of the molecule is CCCCCCOc1cc(/C=C/C#N)ccc1OC. The van der Waals surface area contributed by atoms with Crippen LogP contribution in [0, 0.1) is 11.3 Å². The fourth-order valence-corrected chi connectivity index (χ4v) is 1.75. The largest absolute Gasteiger partial charge is 0.493 e. The van der Waals surface area contributed by atoms with Gasteiger partial charge in [0.05, 0.1) is 19.8 Å². The summed E-state index contributed by atoms with van der Waals surface area (Å²) in [6.45, 7) is 2.89. The van der Waals surface area contributed by atoms with Gasteiger partial charge in [-0.25, -0.2) is 0 Å². The molecule has 102 valence electrons. The minimum absolute atomic E-state index is 0.696. The number of unbranched alkanes of at least 4 members (excludes halogenated alkanes) is 3. The van der Waals surface area contributed by atoms with Gasteiger partial charge in [0.1, 0.15) is 0 Å². The van der Waals surface area contributed by atoms with Gasteiger partial charge in [0.25, 0.3) is 0 Å². The Balaban J connectivity index is 2.63. The molecule has 3 nitrogen and oxygen atoms in total. The van der Waals surface area contributed by atoms with Crippen LogP contribution < -0.4 is 9.47 Å². The maximum atomic E-state index is 8.53. The summed E-state index contributed by atoms with van der Waals surface area (Å²) in [5.74, 6) is 1.46. The Bertz CT molecular complexity index is 447. The number of benzene rings is 1. The molecule has 1 aromatic rings. The lowest BCUT2D eigenvalue weighted by molar-refractivity contribution is 0.285. The first-order chi connectivity index (χ1) is 9.31. The summed E-state index contributed by atoms with van der Waals surface area (Å²) in [6, 6.07) is 7.63. The van der Waals surface area contributed by atoms with E-state index in [9.17, 15) is 0 Å². The molecule has 0 unspecified atom stereocenters. The van der Waals surface area contributed by atoms with Crippen molar-refractivity contribution in [2.75, 3.05) is 13.7 Å². The van der Waals surface area contributed by atoms with E-state index in [1.54, 1.807) is 13.2 Å². The molecule has 0 saturated heterocycles. The minimum atomic E-state index is 0.696. The van der Waals surface area contributed by atoms with Gasteiger partial charge in [-0.3, -0.25) is 0 Å². The highest BCUT2D eigenvalue weighted by molar-refractivity contribution is 5.57.